The molecule has 3 nitrogen and oxygen atoms in total. The summed E-state index contributed by atoms with van der Waals surface area (Å²) in [5.41, 5.74) is 6.52. The van der Waals surface area contributed by atoms with Crippen LogP contribution in [0, 0.1) is 6.92 Å². The standard InChI is InChI=1S/C22H29N3/c1-16(2)19-11-9-12-20(17(3)4)22(19)24-15-14-23(6)25(24)21-13-8-7-10-18(21)5/h7-17H,1-6H3. The maximum absolute atomic E-state index is 2.30. The van der Waals surface area contributed by atoms with E-state index in [0.717, 1.165) is 0 Å². The maximum Gasteiger partial charge on any atom is 0.0848 e. The molecule has 1 aliphatic heterocycles. The summed E-state index contributed by atoms with van der Waals surface area (Å²) in [6.45, 7) is 11.2. The molecule has 0 spiro atoms. The third kappa shape index (κ3) is 3.11. The summed E-state index contributed by atoms with van der Waals surface area (Å²) in [5, 5.41) is 6.69. The fourth-order valence-corrected chi connectivity index (χ4v) is 3.46. The molecule has 2 aromatic carbocycles. The van der Waals surface area contributed by atoms with Crippen LogP contribution in [-0.2, 0) is 0 Å². The first kappa shape index (κ1) is 17.4. The first-order valence-corrected chi connectivity index (χ1v) is 9.10. The lowest BCUT2D eigenvalue weighted by Gasteiger charge is -2.38. The molecule has 0 bridgehead atoms. The average Bonchev–Trinajstić information content (AvgIpc) is 2.95. The third-order valence-corrected chi connectivity index (χ3v) is 4.83. The minimum absolute atomic E-state index is 0.465. The van der Waals surface area contributed by atoms with Gasteiger partial charge in [0, 0.05) is 19.4 Å². The molecule has 0 atom stereocenters. The molecule has 1 heterocycles. The van der Waals surface area contributed by atoms with Crippen LogP contribution < -0.4 is 10.1 Å². The zero-order valence-electron chi connectivity index (χ0n) is 16.2. The minimum Gasteiger partial charge on any atom is -0.275 e. The topological polar surface area (TPSA) is 9.72 Å². The fourth-order valence-electron chi connectivity index (χ4n) is 3.46. The predicted molar refractivity (Wildman–Crippen MR) is 108 cm³/mol. The van der Waals surface area contributed by atoms with E-state index in [2.05, 4.69) is 112 Å². The monoisotopic (exact) mass is 335 g/mol. The van der Waals surface area contributed by atoms with E-state index in [4.69, 9.17) is 0 Å². The van der Waals surface area contributed by atoms with Gasteiger partial charge in [-0.3, -0.25) is 5.01 Å². The maximum atomic E-state index is 2.30. The van der Waals surface area contributed by atoms with Crippen LogP contribution in [-0.4, -0.2) is 12.1 Å². The predicted octanol–water partition coefficient (Wildman–Crippen LogP) is 5.80. The number of hydrogen-bond donors (Lipinski definition) is 0. The van der Waals surface area contributed by atoms with Crippen molar-refractivity contribution in [1.29, 1.82) is 0 Å². The molecule has 0 aliphatic carbocycles. The van der Waals surface area contributed by atoms with Crippen LogP contribution in [0.2, 0.25) is 0 Å². The van der Waals surface area contributed by atoms with Crippen molar-refractivity contribution >= 4 is 11.4 Å². The highest BCUT2D eigenvalue weighted by atomic mass is 15.9. The van der Waals surface area contributed by atoms with Gasteiger partial charge in [-0.1, -0.05) is 64.1 Å². The van der Waals surface area contributed by atoms with E-state index in [1.54, 1.807) is 0 Å². The molecule has 0 radical (unpaired) electrons. The van der Waals surface area contributed by atoms with Crippen molar-refractivity contribution in [3.63, 3.8) is 0 Å². The molecule has 0 unspecified atom stereocenters. The molecule has 25 heavy (non-hydrogen) atoms. The number of nitrogens with zero attached hydrogens (tertiary/aromatic N) is 3. The molecular weight excluding hydrogens is 306 g/mol. The molecule has 0 saturated heterocycles. The lowest BCUT2D eigenvalue weighted by Crippen LogP contribution is -2.44. The van der Waals surface area contributed by atoms with Crippen molar-refractivity contribution in [3.8, 4) is 0 Å². The molecular formula is C22H29N3. The molecule has 0 fully saturated rings. The summed E-state index contributed by atoms with van der Waals surface area (Å²) in [4.78, 5) is 0. The van der Waals surface area contributed by atoms with Crippen LogP contribution in [0.1, 0.15) is 56.2 Å². The molecule has 0 N–H and O–H groups in total. The lowest BCUT2D eigenvalue weighted by atomic mass is 9.92. The van der Waals surface area contributed by atoms with Crippen molar-refractivity contribution in [1.82, 2.24) is 5.01 Å². The van der Waals surface area contributed by atoms with Crippen LogP contribution in [0.25, 0.3) is 0 Å². The quantitative estimate of drug-likeness (QED) is 0.699. The van der Waals surface area contributed by atoms with Crippen molar-refractivity contribution in [2.24, 2.45) is 0 Å². The molecule has 0 amide bonds. The Morgan fingerprint density at radius 1 is 0.760 bits per heavy atom. The van der Waals surface area contributed by atoms with Crippen LogP contribution >= 0.6 is 0 Å². The zero-order chi connectivity index (χ0) is 18.1. The Labute approximate surface area is 152 Å². The smallest absolute Gasteiger partial charge is 0.0848 e. The van der Waals surface area contributed by atoms with Gasteiger partial charge in [0.05, 0.1) is 11.4 Å². The second kappa shape index (κ2) is 6.83. The zero-order valence-corrected chi connectivity index (χ0v) is 16.2. The Balaban J connectivity index is 2.18. The largest absolute Gasteiger partial charge is 0.275 e. The molecule has 2 aromatic rings. The summed E-state index contributed by atoms with van der Waals surface area (Å²) in [6.07, 6.45) is 4.28. The number of anilines is 2. The minimum atomic E-state index is 0.465. The van der Waals surface area contributed by atoms with E-state index in [9.17, 15) is 0 Å². The van der Waals surface area contributed by atoms with Gasteiger partial charge in [0.2, 0.25) is 0 Å². The van der Waals surface area contributed by atoms with Gasteiger partial charge in [0.1, 0.15) is 0 Å². The number of aryl methyl sites for hydroxylation is 1. The summed E-state index contributed by atoms with van der Waals surface area (Å²) in [7, 11) is 2.09. The number of hydrogen-bond acceptors (Lipinski definition) is 3. The van der Waals surface area contributed by atoms with Gasteiger partial charge < -0.3 is 0 Å². The van der Waals surface area contributed by atoms with Gasteiger partial charge in [-0.25, -0.2) is 5.01 Å². The summed E-state index contributed by atoms with van der Waals surface area (Å²) < 4.78 is 0. The van der Waals surface area contributed by atoms with Gasteiger partial charge in [-0.05, 0) is 41.5 Å². The molecule has 132 valence electrons. The fraction of sp³-hybridized carbons (Fsp3) is 0.364. The van der Waals surface area contributed by atoms with E-state index >= 15 is 0 Å². The highest BCUT2D eigenvalue weighted by Gasteiger charge is 2.28. The van der Waals surface area contributed by atoms with Crippen LogP contribution in [0.5, 0.6) is 0 Å². The molecule has 3 rings (SSSR count). The summed E-state index contributed by atoms with van der Waals surface area (Å²) in [6, 6.07) is 15.2. The average molecular weight is 335 g/mol. The number of hydrazine groups is 2. The first-order chi connectivity index (χ1) is 11.9. The highest BCUT2D eigenvalue weighted by Crippen LogP contribution is 2.39. The Bertz CT molecular complexity index is 750. The molecule has 3 heteroatoms. The van der Waals surface area contributed by atoms with Crippen molar-refractivity contribution < 1.29 is 0 Å². The second-order valence-corrected chi connectivity index (χ2v) is 7.39. The van der Waals surface area contributed by atoms with Crippen LogP contribution in [0.15, 0.2) is 54.9 Å². The van der Waals surface area contributed by atoms with Crippen LogP contribution in [0.3, 0.4) is 0 Å². The first-order valence-electron chi connectivity index (χ1n) is 9.10. The molecule has 1 aliphatic rings. The Hall–Kier alpha value is -2.42. The number of rotatable bonds is 4. The summed E-state index contributed by atoms with van der Waals surface area (Å²) >= 11 is 0. The van der Waals surface area contributed by atoms with Crippen molar-refractivity contribution in [2.45, 2.75) is 46.5 Å². The van der Waals surface area contributed by atoms with Gasteiger partial charge in [0.15, 0.2) is 0 Å². The second-order valence-electron chi connectivity index (χ2n) is 7.39. The van der Waals surface area contributed by atoms with Crippen LogP contribution in [0.4, 0.5) is 11.4 Å². The molecule has 0 saturated carbocycles. The highest BCUT2D eigenvalue weighted by molar-refractivity contribution is 5.70. The number of benzene rings is 2. The van der Waals surface area contributed by atoms with Crippen molar-refractivity contribution in [3.05, 3.63) is 71.6 Å². The van der Waals surface area contributed by atoms with E-state index in [-0.39, 0.29) is 0 Å². The van der Waals surface area contributed by atoms with Crippen molar-refractivity contribution in [2.75, 3.05) is 17.2 Å². The lowest BCUT2D eigenvalue weighted by molar-refractivity contribution is 0.440. The van der Waals surface area contributed by atoms with Gasteiger partial charge in [-0.15, -0.1) is 0 Å². The third-order valence-electron chi connectivity index (χ3n) is 4.83. The SMILES string of the molecule is Cc1ccccc1N1N(C)C=CN1c1c(C(C)C)cccc1C(C)C. The van der Waals surface area contributed by atoms with E-state index < -0.39 is 0 Å². The Kier molecular flexibility index (Phi) is 4.76. The van der Waals surface area contributed by atoms with E-state index in [0.29, 0.717) is 11.8 Å². The Morgan fingerprint density at radius 2 is 1.36 bits per heavy atom. The van der Waals surface area contributed by atoms with Gasteiger partial charge in [-0.2, -0.15) is 5.12 Å². The Morgan fingerprint density at radius 3 is 1.92 bits per heavy atom. The molecule has 0 aromatic heterocycles. The van der Waals surface area contributed by atoms with E-state index in [1.165, 1.54) is 28.1 Å². The summed E-state index contributed by atoms with van der Waals surface area (Å²) in [5.74, 6) is 0.929. The normalized spacial score (nSPS) is 14.3. The van der Waals surface area contributed by atoms with Gasteiger partial charge in [0.25, 0.3) is 0 Å². The number of para-hydroxylation sites is 2. The van der Waals surface area contributed by atoms with Gasteiger partial charge >= 0.3 is 0 Å². The van der Waals surface area contributed by atoms with E-state index in [1.807, 2.05) is 0 Å².